The monoisotopic (exact) mass is 494 g/mol. The van der Waals surface area contributed by atoms with E-state index in [-0.39, 0.29) is 11.3 Å². The van der Waals surface area contributed by atoms with Crippen LogP contribution in [0, 0.1) is 10.1 Å². The summed E-state index contributed by atoms with van der Waals surface area (Å²) in [5.74, 6) is -1.46. The molecule has 0 unspecified atom stereocenters. The standard InChI is InChI=1S/C28H22N4O5/c1-2-18-7-11-21(12-8-18)31-27(34)24(26(33)29-28(31)35)15-20-17-30(25-6-4-3-5-23(20)25)16-19-9-13-22(14-10-19)32(36)37/h3-15,17H,2,16H2,1H3,(H,29,33,35). The predicted molar refractivity (Wildman–Crippen MR) is 139 cm³/mol. The van der Waals surface area contributed by atoms with E-state index >= 15 is 0 Å². The Morgan fingerprint density at radius 1 is 0.919 bits per heavy atom. The van der Waals surface area contributed by atoms with Crippen molar-refractivity contribution in [3.63, 3.8) is 0 Å². The normalized spacial score (nSPS) is 14.9. The van der Waals surface area contributed by atoms with Gasteiger partial charge in [-0.25, -0.2) is 9.69 Å². The van der Waals surface area contributed by atoms with Crippen LogP contribution in [0.4, 0.5) is 16.2 Å². The maximum Gasteiger partial charge on any atom is 0.335 e. The third-order valence-corrected chi connectivity index (χ3v) is 6.32. The van der Waals surface area contributed by atoms with Gasteiger partial charge < -0.3 is 4.57 Å². The molecule has 3 aromatic carbocycles. The summed E-state index contributed by atoms with van der Waals surface area (Å²) in [4.78, 5) is 50.1. The number of carbonyl (C=O) groups is 3. The van der Waals surface area contributed by atoms with Crippen molar-refractivity contribution in [3.8, 4) is 0 Å². The smallest absolute Gasteiger partial charge is 0.335 e. The van der Waals surface area contributed by atoms with Crippen LogP contribution in [0.15, 0.2) is 84.6 Å². The molecule has 4 aromatic rings. The van der Waals surface area contributed by atoms with Gasteiger partial charge >= 0.3 is 6.03 Å². The van der Waals surface area contributed by atoms with Crippen molar-refractivity contribution in [3.05, 3.63) is 111 Å². The van der Waals surface area contributed by atoms with Crippen LogP contribution < -0.4 is 10.2 Å². The molecule has 0 bridgehead atoms. The molecule has 37 heavy (non-hydrogen) atoms. The molecule has 2 heterocycles. The molecule has 0 saturated carbocycles. The van der Waals surface area contributed by atoms with Crippen molar-refractivity contribution in [1.82, 2.24) is 9.88 Å². The number of rotatable bonds is 6. The molecule has 1 saturated heterocycles. The van der Waals surface area contributed by atoms with Crippen LogP contribution in [0.5, 0.6) is 0 Å². The van der Waals surface area contributed by atoms with Crippen molar-refractivity contribution in [1.29, 1.82) is 0 Å². The van der Waals surface area contributed by atoms with Crippen LogP contribution >= 0.6 is 0 Å². The van der Waals surface area contributed by atoms with Gasteiger partial charge in [0.2, 0.25) is 0 Å². The number of carbonyl (C=O) groups excluding carboxylic acids is 3. The topological polar surface area (TPSA) is 115 Å². The number of urea groups is 1. The number of fused-ring (bicyclic) bond motifs is 1. The maximum absolute atomic E-state index is 13.3. The second-order valence-corrected chi connectivity index (χ2v) is 8.63. The average molecular weight is 495 g/mol. The Labute approximate surface area is 211 Å². The Bertz CT molecular complexity index is 1580. The van der Waals surface area contributed by atoms with E-state index in [1.165, 1.54) is 18.2 Å². The number of barbiturate groups is 1. The van der Waals surface area contributed by atoms with E-state index in [1.807, 2.05) is 54.1 Å². The first-order valence-electron chi connectivity index (χ1n) is 11.7. The fourth-order valence-corrected chi connectivity index (χ4v) is 4.37. The van der Waals surface area contributed by atoms with Crippen LogP contribution in [-0.2, 0) is 22.6 Å². The van der Waals surface area contributed by atoms with Gasteiger partial charge in [-0.1, -0.05) is 49.4 Å². The third kappa shape index (κ3) is 4.50. The highest BCUT2D eigenvalue weighted by atomic mass is 16.6. The molecular formula is C28H22N4O5. The quantitative estimate of drug-likeness (QED) is 0.179. The third-order valence-electron chi connectivity index (χ3n) is 6.32. The molecule has 4 amide bonds. The molecule has 9 nitrogen and oxygen atoms in total. The van der Waals surface area contributed by atoms with Crippen LogP contribution in [0.3, 0.4) is 0 Å². The number of nitro benzene ring substituents is 1. The number of imide groups is 2. The molecule has 1 N–H and O–H groups in total. The minimum absolute atomic E-state index is 0.0109. The molecule has 1 aliphatic rings. The lowest BCUT2D eigenvalue weighted by atomic mass is 10.1. The summed E-state index contributed by atoms with van der Waals surface area (Å²) in [5, 5.41) is 14.0. The van der Waals surface area contributed by atoms with Gasteiger partial charge in [-0.2, -0.15) is 0 Å². The SMILES string of the molecule is CCc1ccc(N2C(=O)NC(=O)C(=Cc3cn(Cc4ccc([N+](=O)[O-])cc4)c4ccccc34)C2=O)cc1. The summed E-state index contributed by atoms with van der Waals surface area (Å²) < 4.78 is 1.94. The number of nitrogens with zero attached hydrogens (tertiary/aromatic N) is 3. The number of anilines is 1. The van der Waals surface area contributed by atoms with Gasteiger partial charge in [0, 0.05) is 41.3 Å². The lowest BCUT2D eigenvalue weighted by molar-refractivity contribution is -0.384. The zero-order valence-corrected chi connectivity index (χ0v) is 19.9. The molecule has 9 heteroatoms. The highest BCUT2D eigenvalue weighted by Gasteiger charge is 2.37. The van der Waals surface area contributed by atoms with Gasteiger partial charge in [-0.05, 0) is 41.8 Å². The molecule has 1 aliphatic heterocycles. The second kappa shape index (κ2) is 9.54. The van der Waals surface area contributed by atoms with Gasteiger partial charge in [0.1, 0.15) is 5.57 Å². The van der Waals surface area contributed by atoms with Gasteiger partial charge in [-0.15, -0.1) is 0 Å². The fourth-order valence-electron chi connectivity index (χ4n) is 4.37. The molecule has 5 rings (SSSR count). The van der Waals surface area contributed by atoms with E-state index in [0.29, 0.717) is 17.8 Å². The molecule has 0 radical (unpaired) electrons. The number of amides is 4. The van der Waals surface area contributed by atoms with E-state index in [0.717, 1.165) is 33.4 Å². The fraction of sp³-hybridized carbons (Fsp3) is 0.107. The number of benzene rings is 3. The van der Waals surface area contributed by atoms with Gasteiger partial charge in [0.15, 0.2) is 0 Å². The Morgan fingerprint density at radius 2 is 1.59 bits per heavy atom. The van der Waals surface area contributed by atoms with Gasteiger partial charge in [-0.3, -0.25) is 25.0 Å². The summed E-state index contributed by atoms with van der Waals surface area (Å²) >= 11 is 0. The average Bonchev–Trinajstić information content (AvgIpc) is 3.24. The Morgan fingerprint density at radius 3 is 2.27 bits per heavy atom. The largest absolute Gasteiger partial charge is 0.342 e. The molecule has 1 fully saturated rings. The Kier molecular flexibility index (Phi) is 6.10. The predicted octanol–water partition coefficient (Wildman–Crippen LogP) is 4.83. The van der Waals surface area contributed by atoms with E-state index in [2.05, 4.69) is 5.32 Å². The second-order valence-electron chi connectivity index (χ2n) is 8.63. The maximum atomic E-state index is 13.3. The molecular weight excluding hydrogens is 472 g/mol. The summed E-state index contributed by atoms with van der Waals surface area (Å²) in [7, 11) is 0. The number of para-hydroxylation sites is 1. The van der Waals surface area contributed by atoms with Gasteiger partial charge in [0.25, 0.3) is 17.5 Å². The molecule has 184 valence electrons. The van der Waals surface area contributed by atoms with Crippen LogP contribution in [0.25, 0.3) is 17.0 Å². The van der Waals surface area contributed by atoms with E-state index < -0.39 is 22.8 Å². The van der Waals surface area contributed by atoms with E-state index in [4.69, 9.17) is 0 Å². The number of aromatic nitrogens is 1. The van der Waals surface area contributed by atoms with Crippen molar-refractivity contribution >= 4 is 46.2 Å². The number of hydrogen-bond donors (Lipinski definition) is 1. The highest BCUT2D eigenvalue weighted by Crippen LogP contribution is 2.27. The minimum Gasteiger partial charge on any atom is -0.342 e. The Hall–Kier alpha value is -5.05. The summed E-state index contributed by atoms with van der Waals surface area (Å²) in [6.07, 6.45) is 4.12. The lowest BCUT2D eigenvalue weighted by Gasteiger charge is -2.26. The Balaban J connectivity index is 1.52. The van der Waals surface area contributed by atoms with Crippen LogP contribution in [0.1, 0.15) is 23.6 Å². The molecule has 0 aliphatic carbocycles. The summed E-state index contributed by atoms with van der Waals surface area (Å²) in [6, 6.07) is 20.1. The number of aryl methyl sites for hydroxylation is 1. The zero-order valence-electron chi connectivity index (χ0n) is 19.9. The molecule has 0 atom stereocenters. The molecule has 1 aromatic heterocycles. The number of nitro groups is 1. The first kappa shape index (κ1) is 23.7. The van der Waals surface area contributed by atoms with Crippen molar-refractivity contribution in [2.75, 3.05) is 4.90 Å². The van der Waals surface area contributed by atoms with Crippen molar-refractivity contribution in [2.24, 2.45) is 0 Å². The summed E-state index contributed by atoms with van der Waals surface area (Å²) in [5.41, 5.74) is 3.63. The number of non-ortho nitro benzene ring substituents is 1. The van der Waals surface area contributed by atoms with Crippen LogP contribution in [-0.4, -0.2) is 27.3 Å². The molecule has 0 spiro atoms. The van der Waals surface area contributed by atoms with Gasteiger partial charge in [0.05, 0.1) is 10.6 Å². The lowest BCUT2D eigenvalue weighted by Crippen LogP contribution is -2.54. The summed E-state index contributed by atoms with van der Waals surface area (Å²) in [6.45, 7) is 2.43. The highest BCUT2D eigenvalue weighted by molar-refractivity contribution is 6.39. The van der Waals surface area contributed by atoms with Crippen LogP contribution in [0.2, 0.25) is 0 Å². The van der Waals surface area contributed by atoms with E-state index in [9.17, 15) is 24.5 Å². The van der Waals surface area contributed by atoms with Crippen molar-refractivity contribution in [2.45, 2.75) is 19.9 Å². The van der Waals surface area contributed by atoms with Crippen molar-refractivity contribution < 1.29 is 19.3 Å². The zero-order chi connectivity index (χ0) is 26.1. The van der Waals surface area contributed by atoms with E-state index in [1.54, 1.807) is 24.3 Å². The number of nitrogens with one attached hydrogen (secondary N) is 1. The minimum atomic E-state index is -0.794. The number of hydrogen-bond acceptors (Lipinski definition) is 5. The first-order chi connectivity index (χ1) is 17.9. The first-order valence-corrected chi connectivity index (χ1v) is 11.7.